The maximum Gasteiger partial charge on any atom is 0.160 e. The monoisotopic (exact) mass is 352 g/mol. The summed E-state index contributed by atoms with van der Waals surface area (Å²) in [6.07, 6.45) is 8.24. The summed E-state index contributed by atoms with van der Waals surface area (Å²) in [7, 11) is 0. The molecular weight excluding hydrogens is 334 g/mol. The van der Waals surface area contributed by atoms with Crippen molar-refractivity contribution in [3.63, 3.8) is 0 Å². The normalized spacial score (nSPS) is 16.3. The van der Waals surface area contributed by atoms with Crippen LogP contribution < -0.4 is 5.32 Å². The van der Waals surface area contributed by atoms with Gasteiger partial charge >= 0.3 is 0 Å². The van der Waals surface area contributed by atoms with Crippen molar-refractivity contribution >= 4 is 0 Å². The van der Waals surface area contributed by atoms with Crippen LogP contribution in [0.1, 0.15) is 35.7 Å². The van der Waals surface area contributed by atoms with E-state index >= 15 is 0 Å². The fourth-order valence-corrected chi connectivity index (χ4v) is 3.28. The lowest BCUT2D eigenvalue weighted by Gasteiger charge is -2.25. The summed E-state index contributed by atoms with van der Waals surface area (Å²) in [5.41, 5.74) is 3.72. The fourth-order valence-electron chi connectivity index (χ4n) is 3.28. The van der Waals surface area contributed by atoms with E-state index in [4.69, 9.17) is 4.98 Å². The third kappa shape index (κ3) is 3.46. The van der Waals surface area contributed by atoms with Gasteiger partial charge in [0.1, 0.15) is 0 Å². The summed E-state index contributed by atoms with van der Waals surface area (Å²) in [5, 5.41) is 3.42. The number of pyridine rings is 1. The number of hydrogen-bond acceptors (Lipinski definition) is 4. The van der Waals surface area contributed by atoms with Gasteiger partial charge in [-0.3, -0.25) is 4.98 Å². The molecule has 1 aliphatic rings. The molecule has 0 bridgehead atoms. The summed E-state index contributed by atoms with van der Waals surface area (Å²) in [6, 6.07) is 7.89. The van der Waals surface area contributed by atoms with Crippen molar-refractivity contribution < 1.29 is 8.78 Å². The highest BCUT2D eigenvalue weighted by molar-refractivity contribution is 5.53. The molecule has 0 radical (unpaired) electrons. The summed E-state index contributed by atoms with van der Waals surface area (Å²) in [4.78, 5) is 13.3. The Balaban J connectivity index is 1.52. The molecule has 0 unspecified atom stereocenters. The highest BCUT2D eigenvalue weighted by Crippen LogP contribution is 2.29. The Morgan fingerprint density at radius 3 is 2.85 bits per heavy atom. The van der Waals surface area contributed by atoms with Gasteiger partial charge in [-0.05, 0) is 49.1 Å². The van der Waals surface area contributed by atoms with Crippen LogP contribution in [0.2, 0.25) is 0 Å². The number of aryl methyl sites for hydroxylation is 1. The molecule has 3 aromatic rings. The van der Waals surface area contributed by atoms with E-state index in [1.807, 2.05) is 18.3 Å². The minimum atomic E-state index is -0.826. The molecule has 0 amide bonds. The van der Waals surface area contributed by atoms with Crippen LogP contribution in [-0.2, 0) is 13.0 Å². The quantitative estimate of drug-likeness (QED) is 0.772. The van der Waals surface area contributed by atoms with Crippen molar-refractivity contribution in [1.29, 1.82) is 0 Å². The predicted octanol–water partition coefficient (Wildman–Crippen LogP) is 3.98. The lowest BCUT2D eigenvalue weighted by atomic mass is 9.92. The molecular formula is C20H18F2N4. The second-order valence-electron chi connectivity index (χ2n) is 6.41. The molecule has 132 valence electrons. The molecule has 4 rings (SSSR count). The molecule has 0 saturated carbocycles. The standard InChI is InChI=1S/C20H18F2N4/c21-16-7-6-13(9-17(16)22)10-24-18-4-1-5-19-15(18)12-25-20(26-19)14-3-2-8-23-11-14/h2-3,6-9,11-12,18,24H,1,4-5,10H2/t18-/m1/s1. The molecule has 0 fully saturated rings. The molecule has 2 heterocycles. The predicted molar refractivity (Wildman–Crippen MR) is 94.1 cm³/mol. The van der Waals surface area contributed by atoms with Crippen LogP contribution in [0.25, 0.3) is 11.4 Å². The molecule has 0 aliphatic heterocycles. The summed E-state index contributed by atoms with van der Waals surface area (Å²) < 4.78 is 26.4. The zero-order chi connectivity index (χ0) is 17.9. The van der Waals surface area contributed by atoms with E-state index in [9.17, 15) is 8.78 Å². The van der Waals surface area contributed by atoms with Gasteiger partial charge in [-0.2, -0.15) is 0 Å². The number of hydrogen-bond donors (Lipinski definition) is 1. The van der Waals surface area contributed by atoms with Gasteiger partial charge in [-0.15, -0.1) is 0 Å². The Bertz CT molecular complexity index is 915. The molecule has 1 aliphatic carbocycles. The van der Waals surface area contributed by atoms with Crippen molar-refractivity contribution in [1.82, 2.24) is 20.3 Å². The van der Waals surface area contributed by atoms with Crippen LogP contribution in [0.3, 0.4) is 0 Å². The number of rotatable bonds is 4. The van der Waals surface area contributed by atoms with Gasteiger partial charge in [-0.1, -0.05) is 6.07 Å². The van der Waals surface area contributed by atoms with E-state index in [0.717, 1.165) is 42.1 Å². The SMILES string of the molecule is Fc1ccc(CN[C@@H]2CCCc3nc(-c4cccnc4)ncc32)cc1F. The van der Waals surface area contributed by atoms with Crippen LogP contribution in [0.4, 0.5) is 8.78 Å². The van der Waals surface area contributed by atoms with Crippen LogP contribution in [-0.4, -0.2) is 15.0 Å². The highest BCUT2D eigenvalue weighted by atomic mass is 19.2. The summed E-state index contributed by atoms with van der Waals surface area (Å²) in [5.74, 6) is -0.969. The van der Waals surface area contributed by atoms with E-state index in [1.54, 1.807) is 18.5 Å². The number of nitrogens with one attached hydrogen (secondary N) is 1. The molecule has 0 spiro atoms. The Morgan fingerprint density at radius 1 is 1.12 bits per heavy atom. The average molecular weight is 352 g/mol. The maximum absolute atomic E-state index is 13.4. The molecule has 1 atom stereocenters. The lowest BCUT2D eigenvalue weighted by Crippen LogP contribution is -2.26. The van der Waals surface area contributed by atoms with Crippen molar-refractivity contribution in [2.75, 3.05) is 0 Å². The van der Waals surface area contributed by atoms with Gasteiger partial charge in [0, 0.05) is 48.0 Å². The first kappa shape index (κ1) is 16.7. The molecule has 2 aromatic heterocycles. The molecule has 4 nitrogen and oxygen atoms in total. The molecule has 0 saturated heterocycles. The minimum Gasteiger partial charge on any atom is -0.306 e. The number of halogens is 2. The molecule has 6 heteroatoms. The first-order valence-electron chi connectivity index (χ1n) is 8.64. The first-order valence-corrected chi connectivity index (χ1v) is 8.64. The largest absolute Gasteiger partial charge is 0.306 e. The van der Waals surface area contributed by atoms with Gasteiger partial charge in [-0.25, -0.2) is 18.7 Å². The van der Waals surface area contributed by atoms with Gasteiger partial charge < -0.3 is 5.32 Å². The molecule has 1 aromatic carbocycles. The Kier molecular flexibility index (Phi) is 4.67. The third-order valence-corrected chi connectivity index (χ3v) is 4.64. The van der Waals surface area contributed by atoms with Crippen molar-refractivity contribution in [3.05, 3.63) is 77.4 Å². The Hall–Kier alpha value is -2.73. The van der Waals surface area contributed by atoms with Gasteiger partial charge in [0.05, 0.1) is 0 Å². The average Bonchev–Trinajstić information content (AvgIpc) is 2.69. The Labute approximate surface area is 150 Å². The topological polar surface area (TPSA) is 50.7 Å². The number of fused-ring (bicyclic) bond motifs is 1. The van der Waals surface area contributed by atoms with Crippen molar-refractivity contribution in [2.45, 2.75) is 31.8 Å². The van der Waals surface area contributed by atoms with E-state index < -0.39 is 11.6 Å². The minimum absolute atomic E-state index is 0.106. The van der Waals surface area contributed by atoms with Crippen LogP contribution in [0.15, 0.2) is 48.9 Å². The number of nitrogens with zero attached hydrogens (tertiary/aromatic N) is 3. The highest BCUT2D eigenvalue weighted by Gasteiger charge is 2.22. The summed E-state index contributed by atoms with van der Waals surface area (Å²) >= 11 is 0. The Morgan fingerprint density at radius 2 is 2.04 bits per heavy atom. The van der Waals surface area contributed by atoms with Gasteiger partial charge in [0.15, 0.2) is 17.5 Å². The molecule has 26 heavy (non-hydrogen) atoms. The fraction of sp³-hybridized carbons (Fsp3) is 0.250. The van der Waals surface area contributed by atoms with Crippen LogP contribution in [0, 0.1) is 11.6 Å². The smallest absolute Gasteiger partial charge is 0.160 e. The van der Waals surface area contributed by atoms with Crippen LogP contribution in [0.5, 0.6) is 0 Å². The zero-order valence-corrected chi connectivity index (χ0v) is 14.1. The van der Waals surface area contributed by atoms with E-state index in [0.29, 0.717) is 17.9 Å². The second kappa shape index (κ2) is 7.25. The number of aromatic nitrogens is 3. The van der Waals surface area contributed by atoms with E-state index in [-0.39, 0.29) is 6.04 Å². The van der Waals surface area contributed by atoms with Gasteiger partial charge in [0.25, 0.3) is 0 Å². The van der Waals surface area contributed by atoms with E-state index in [1.165, 1.54) is 6.07 Å². The van der Waals surface area contributed by atoms with Crippen molar-refractivity contribution in [2.24, 2.45) is 0 Å². The maximum atomic E-state index is 13.4. The summed E-state index contributed by atoms with van der Waals surface area (Å²) in [6.45, 7) is 0.464. The zero-order valence-electron chi connectivity index (χ0n) is 14.1. The van der Waals surface area contributed by atoms with E-state index in [2.05, 4.69) is 15.3 Å². The third-order valence-electron chi connectivity index (χ3n) is 4.64. The lowest BCUT2D eigenvalue weighted by molar-refractivity contribution is 0.450. The van der Waals surface area contributed by atoms with Crippen molar-refractivity contribution in [3.8, 4) is 11.4 Å². The number of benzene rings is 1. The van der Waals surface area contributed by atoms with Crippen LogP contribution >= 0.6 is 0 Å². The second-order valence-corrected chi connectivity index (χ2v) is 6.41. The molecule has 1 N–H and O–H groups in total. The first-order chi connectivity index (χ1) is 12.7. The van der Waals surface area contributed by atoms with Gasteiger partial charge in [0.2, 0.25) is 0 Å².